The zero-order chi connectivity index (χ0) is 21.1. The van der Waals surface area contributed by atoms with Crippen molar-refractivity contribution >= 4 is 33.7 Å². The predicted octanol–water partition coefficient (Wildman–Crippen LogP) is 4.16. The summed E-state index contributed by atoms with van der Waals surface area (Å²) in [5, 5.41) is 5.29. The Balaban J connectivity index is 1.50. The van der Waals surface area contributed by atoms with Crippen LogP contribution in [0.2, 0.25) is 0 Å². The van der Waals surface area contributed by atoms with Crippen LogP contribution in [0.5, 0.6) is 0 Å². The highest BCUT2D eigenvalue weighted by molar-refractivity contribution is 7.19. The van der Waals surface area contributed by atoms with Gasteiger partial charge in [0.1, 0.15) is 0 Å². The van der Waals surface area contributed by atoms with Crippen LogP contribution < -0.4 is 10.2 Å². The molecule has 154 valence electrons. The van der Waals surface area contributed by atoms with Crippen molar-refractivity contribution in [2.75, 3.05) is 5.32 Å². The van der Waals surface area contributed by atoms with Crippen LogP contribution >= 0.6 is 22.7 Å². The molecule has 0 aliphatic carbocycles. The number of aryl methyl sites for hydroxylation is 2. The fourth-order valence-electron chi connectivity index (χ4n) is 3.16. The third kappa shape index (κ3) is 4.27. The molecule has 1 amide bonds. The van der Waals surface area contributed by atoms with Crippen molar-refractivity contribution < 1.29 is 4.79 Å². The number of carbonyl (C=O) groups is 1. The highest BCUT2D eigenvalue weighted by Crippen LogP contribution is 2.38. The lowest BCUT2D eigenvalue weighted by molar-refractivity contribution is -0.116. The first kappa shape index (κ1) is 20.2. The van der Waals surface area contributed by atoms with Gasteiger partial charge in [0.15, 0.2) is 11.0 Å². The molecular formula is C21H21N5O2S2. The maximum Gasteiger partial charge on any atom is 0.307 e. The van der Waals surface area contributed by atoms with Crippen LogP contribution in [0.15, 0.2) is 52.9 Å². The summed E-state index contributed by atoms with van der Waals surface area (Å²) >= 11 is 2.60. The van der Waals surface area contributed by atoms with Crippen LogP contribution in [0, 0.1) is 6.92 Å². The Morgan fingerprint density at radius 2 is 2.03 bits per heavy atom. The summed E-state index contributed by atoms with van der Waals surface area (Å²) in [5.41, 5.74) is 2.70. The van der Waals surface area contributed by atoms with Crippen molar-refractivity contribution in [3.63, 3.8) is 0 Å². The Hall–Kier alpha value is -3.04. The van der Waals surface area contributed by atoms with Crippen LogP contribution in [0.3, 0.4) is 0 Å². The molecule has 0 fully saturated rings. The van der Waals surface area contributed by atoms with Crippen molar-refractivity contribution in [3.8, 4) is 22.0 Å². The molecule has 30 heavy (non-hydrogen) atoms. The molecule has 0 unspecified atom stereocenters. The first-order chi connectivity index (χ1) is 14.5. The quantitative estimate of drug-likeness (QED) is 0.469. The Bertz CT molecular complexity index is 1220. The zero-order valence-electron chi connectivity index (χ0n) is 16.7. The summed E-state index contributed by atoms with van der Waals surface area (Å²) in [6, 6.07) is 9.87. The number of benzene rings is 1. The Morgan fingerprint density at radius 3 is 2.70 bits per heavy atom. The summed E-state index contributed by atoms with van der Waals surface area (Å²) < 4.78 is 3.64. The Labute approximate surface area is 181 Å². The SMILES string of the molecule is Cc1csc(=O)n1CCCC(=O)Nc1nc(-c2ccccc2)c(-c2nccn2C)s1. The molecule has 0 saturated heterocycles. The van der Waals surface area contributed by atoms with Crippen LogP contribution in [0.1, 0.15) is 18.5 Å². The number of aromatic nitrogens is 4. The van der Waals surface area contributed by atoms with Crippen LogP contribution in [0.25, 0.3) is 22.0 Å². The van der Waals surface area contributed by atoms with Gasteiger partial charge in [-0.25, -0.2) is 9.97 Å². The third-order valence-corrected chi connectivity index (χ3v) is 6.55. The van der Waals surface area contributed by atoms with Crippen molar-refractivity contribution in [2.24, 2.45) is 7.05 Å². The molecule has 0 spiro atoms. The van der Waals surface area contributed by atoms with Gasteiger partial charge in [-0.15, -0.1) is 0 Å². The highest BCUT2D eigenvalue weighted by Gasteiger charge is 2.19. The second-order valence-electron chi connectivity index (χ2n) is 6.87. The molecule has 1 N–H and O–H groups in total. The molecule has 0 aliphatic heterocycles. The Kier molecular flexibility index (Phi) is 5.91. The monoisotopic (exact) mass is 439 g/mol. The average Bonchev–Trinajstić information content (AvgIpc) is 3.43. The van der Waals surface area contributed by atoms with Gasteiger partial charge in [0.05, 0.1) is 10.6 Å². The van der Waals surface area contributed by atoms with Crippen molar-refractivity contribution in [1.82, 2.24) is 19.1 Å². The molecular weight excluding hydrogens is 418 g/mol. The minimum atomic E-state index is -0.115. The normalized spacial score (nSPS) is 11.0. The van der Waals surface area contributed by atoms with Crippen LogP contribution in [-0.2, 0) is 18.4 Å². The number of anilines is 1. The largest absolute Gasteiger partial charge is 0.333 e. The van der Waals surface area contributed by atoms with E-state index in [-0.39, 0.29) is 10.8 Å². The van der Waals surface area contributed by atoms with E-state index in [1.54, 1.807) is 10.8 Å². The molecule has 0 bridgehead atoms. The second-order valence-corrected chi connectivity index (χ2v) is 8.69. The number of thiazole rings is 2. The summed E-state index contributed by atoms with van der Waals surface area (Å²) in [6.45, 7) is 2.44. The molecule has 0 radical (unpaired) electrons. The lowest BCUT2D eigenvalue weighted by Crippen LogP contribution is -2.17. The van der Waals surface area contributed by atoms with E-state index < -0.39 is 0 Å². The van der Waals surface area contributed by atoms with E-state index in [0.717, 1.165) is 27.7 Å². The van der Waals surface area contributed by atoms with Crippen molar-refractivity contribution in [3.05, 3.63) is 63.5 Å². The number of nitrogens with zero attached hydrogens (tertiary/aromatic N) is 4. The topological polar surface area (TPSA) is 81.8 Å². The van der Waals surface area contributed by atoms with E-state index in [1.165, 1.54) is 22.7 Å². The number of rotatable bonds is 7. The van der Waals surface area contributed by atoms with Crippen LogP contribution in [0.4, 0.5) is 5.13 Å². The fraction of sp³-hybridized carbons (Fsp3) is 0.238. The number of hydrogen-bond donors (Lipinski definition) is 1. The van der Waals surface area contributed by atoms with E-state index in [1.807, 2.05) is 60.4 Å². The smallest absolute Gasteiger partial charge is 0.307 e. The first-order valence-corrected chi connectivity index (χ1v) is 11.2. The van der Waals surface area contributed by atoms with Gasteiger partial charge in [0, 0.05) is 49.0 Å². The van der Waals surface area contributed by atoms with Crippen LogP contribution in [-0.4, -0.2) is 25.0 Å². The predicted molar refractivity (Wildman–Crippen MR) is 121 cm³/mol. The number of amides is 1. The maximum atomic E-state index is 12.5. The van der Waals surface area contributed by atoms with Gasteiger partial charge in [0.25, 0.3) is 0 Å². The van der Waals surface area contributed by atoms with Gasteiger partial charge in [0.2, 0.25) is 5.91 Å². The van der Waals surface area contributed by atoms with E-state index in [2.05, 4.69) is 15.3 Å². The molecule has 1 aromatic carbocycles. The van der Waals surface area contributed by atoms with Gasteiger partial charge in [-0.05, 0) is 13.3 Å². The highest BCUT2D eigenvalue weighted by atomic mass is 32.1. The lowest BCUT2D eigenvalue weighted by atomic mass is 10.1. The number of nitrogens with one attached hydrogen (secondary N) is 1. The summed E-state index contributed by atoms with van der Waals surface area (Å²) in [4.78, 5) is 34.3. The maximum absolute atomic E-state index is 12.5. The van der Waals surface area contributed by atoms with Gasteiger partial charge in [-0.3, -0.25) is 9.59 Å². The molecule has 7 nitrogen and oxygen atoms in total. The van der Waals surface area contributed by atoms with E-state index >= 15 is 0 Å². The van der Waals surface area contributed by atoms with Gasteiger partial charge in [-0.2, -0.15) is 0 Å². The fourth-order valence-corrected chi connectivity index (χ4v) is 4.96. The third-order valence-electron chi connectivity index (χ3n) is 4.71. The number of imidazole rings is 1. The summed E-state index contributed by atoms with van der Waals surface area (Å²) in [5.74, 6) is 0.690. The number of carbonyl (C=O) groups excluding carboxylic acids is 1. The zero-order valence-corrected chi connectivity index (χ0v) is 18.3. The molecule has 3 heterocycles. The minimum absolute atomic E-state index is 0.0139. The van der Waals surface area contributed by atoms with E-state index in [4.69, 9.17) is 0 Å². The molecule has 4 rings (SSSR count). The minimum Gasteiger partial charge on any atom is -0.333 e. The second kappa shape index (κ2) is 8.76. The molecule has 0 aliphatic rings. The van der Waals surface area contributed by atoms with Gasteiger partial charge < -0.3 is 14.5 Å². The molecule has 9 heteroatoms. The van der Waals surface area contributed by atoms with E-state index in [0.29, 0.717) is 24.5 Å². The van der Waals surface area contributed by atoms with Gasteiger partial charge >= 0.3 is 4.87 Å². The lowest BCUT2D eigenvalue weighted by Gasteiger charge is -2.04. The molecule has 3 aromatic heterocycles. The molecule has 0 saturated carbocycles. The summed E-state index contributed by atoms with van der Waals surface area (Å²) in [7, 11) is 1.93. The summed E-state index contributed by atoms with van der Waals surface area (Å²) in [6.07, 6.45) is 4.54. The molecule has 4 aromatic rings. The van der Waals surface area contributed by atoms with Crippen molar-refractivity contribution in [1.29, 1.82) is 0 Å². The molecule has 0 atom stereocenters. The first-order valence-electron chi connectivity index (χ1n) is 9.51. The Morgan fingerprint density at radius 1 is 1.23 bits per heavy atom. The average molecular weight is 440 g/mol. The van der Waals surface area contributed by atoms with E-state index in [9.17, 15) is 9.59 Å². The van der Waals surface area contributed by atoms with Crippen molar-refractivity contribution in [2.45, 2.75) is 26.3 Å². The number of hydrogen-bond acceptors (Lipinski definition) is 6. The van der Waals surface area contributed by atoms with Gasteiger partial charge in [-0.1, -0.05) is 53.0 Å². The standard InChI is InChI=1S/C21H21N5O2S2/c1-14-13-29-21(28)26(14)11-6-9-16(27)23-20-24-17(15-7-4-3-5-8-15)18(30-20)19-22-10-12-25(19)2/h3-5,7-8,10,12-13H,6,9,11H2,1-2H3,(H,23,24,27).